The van der Waals surface area contributed by atoms with Crippen LogP contribution < -0.4 is 5.56 Å². The number of sulfone groups is 1. The number of carbonyl (C=O) groups excluding carboxylic acids is 2. The number of rotatable bonds is 9. The van der Waals surface area contributed by atoms with Crippen molar-refractivity contribution in [2.75, 3.05) is 24.7 Å². The molecule has 1 atom stereocenters. The number of aromatic nitrogens is 2. The lowest BCUT2D eigenvalue weighted by Gasteiger charge is -2.28. The SMILES string of the molecule is CCCCN(C(=O)COC(=O)CCn1cnc2sccc2c1=O)C1CCS(=O)(=O)C1. The highest BCUT2D eigenvalue weighted by Gasteiger charge is 2.34. The number of hydrogen-bond acceptors (Lipinski definition) is 8. The van der Waals surface area contributed by atoms with Gasteiger partial charge in [0.1, 0.15) is 4.83 Å². The van der Waals surface area contributed by atoms with Gasteiger partial charge in [-0.05, 0) is 24.3 Å². The van der Waals surface area contributed by atoms with Crippen molar-refractivity contribution < 1.29 is 22.7 Å². The van der Waals surface area contributed by atoms with Crippen LogP contribution in [0.2, 0.25) is 0 Å². The molecule has 30 heavy (non-hydrogen) atoms. The highest BCUT2D eigenvalue weighted by Crippen LogP contribution is 2.19. The van der Waals surface area contributed by atoms with Gasteiger partial charge in [0.05, 0.1) is 29.6 Å². The summed E-state index contributed by atoms with van der Waals surface area (Å²) in [4.78, 5) is 43.3. The number of hydrogen-bond donors (Lipinski definition) is 0. The lowest BCUT2D eigenvalue weighted by atomic mass is 10.2. The Morgan fingerprint density at radius 2 is 2.20 bits per heavy atom. The fourth-order valence-electron chi connectivity index (χ4n) is 3.42. The number of unbranched alkanes of at least 4 members (excludes halogenated alkanes) is 1. The Kier molecular flexibility index (Phi) is 7.24. The summed E-state index contributed by atoms with van der Waals surface area (Å²) in [7, 11) is -3.12. The summed E-state index contributed by atoms with van der Waals surface area (Å²) < 4.78 is 30.0. The molecule has 0 bridgehead atoms. The van der Waals surface area contributed by atoms with E-state index in [1.165, 1.54) is 27.1 Å². The maximum atomic E-state index is 12.6. The Morgan fingerprint density at radius 3 is 2.90 bits per heavy atom. The maximum Gasteiger partial charge on any atom is 0.308 e. The summed E-state index contributed by atoms with van der Waals surface area (Å²) in [5.41, 5.74) is -0.224. The highest BCUT2D eigenvalue weighted by atomic mass is 32.2. The van der Waals surface area contributed by atoms with Gasteiger partial charge in [-0.1, -0.05) is 13.3 Å². The molecule has 1 fully saturated rings. The van der Waals surface area contributed by atoms with Crippen molar-refractivity contribution in [1.82, 2.24) is 14.5 Å². The molecule has 1 aliphatic heterocycles. The molecule has 2 aromatic rings. The Balaban J connectivity index is 1.53. The molecule has 0 aliphatic carbocycles. The van der Waals surface area contributed by atoms with Gasteiger partial charge in [-0.15, -0.1) is 11.3 Å². The first kappa shape index (κ1) is 22.4. The van der Waals surface area contributed by atoms with Crippen LogP contribution in [-0.2, 0) is 30.7 Å². The van der Waals surface area contributed by atoms with E-state index < -0.39 is 28.3 Å². The first-order valence-electron chi connectivity index (χ1n) is 9.89. The fraction of sp³-hybridized carbons (Fsp3) is 0.579. The van der Waals surface area contributed by atoms with E-state index in [4.69, 9.17) is 4.74 Å². The number of thiophene rings is 1. The zero-order valence-corrected chi connectivity index (χ0v) is 18.4. The number of fused-ring (bicyclic) bond motifs is 1. The molecule has 1 aliphatic rings. The summed E-state index contributed by atoms with van der Waals surface area (Å²) in [5, 5.41) is 2.28. The number of nitrogens with zero attached hydrogens (tertiary/aromatic N) is 3. The Morgan fingerprint density at radius 1 is 1.40 bits per heavy atom. The van der Waals surface area contributed by atoms with Crippen LogP contribution in [0.3, 0.4) is 0 Å². The number of esters is 1. The number of aryl methyl sites for hydroxylation is 1. The number of amides is 1. The summed E-state index contributed by atoms with van der Waals surface area (Å²) in [6.07, 6.45) is 3.34. The van der Waals surface area contributed by atoms with Crippen molar-refractivity contribution in [3.05, 3.63) is 28.1 Å². The second kappa shape index (κ2) is 9.69. The quantitative estimate of drug-likeness (QED) is 0.522. The zero-order chi connectivity index (χ0) is 21.7. The van der Waals surface area contributed by atoms with Gasteiger partial charge in [-0.2, -0.15) is 0 Å². The minimum Gasteiger partial charge on any atom is -0.456 e. The molecular formula is C19H25N3O6S2. The molecule has 9 nitrogen and oxygen atoms in total. The van der Waals surface area contributed by atoms with E-state index in [0.29, 0.717) is 23.2 Å². The third-order valence-corrected chi connectivity index (χ3v) is 7.66. The monoisotopic (exact) mass is 455 g/mol. The van der Waals surface area contributed by atoms with Gasteiger partial charge in [0, 0.05) is 19.1 Å². The number of ether oxygens (including phenoxy) is 1. The van der Waals surface area contributed by atoms with Crippen molar-refractivity contribution >= 4 is 43.3 Å². The lowest BCUT2D eigenvalue weighted by Crippen LogP contribution is -2.44. The van der Waals surface area contributed by atoms with Crippen LogP contribution >= 0.6 is 11.3 Å². The van der Waals surface area contributed by atoms with Crippen molar-refractivity contribution in [1.29, 1.82) is 0 Å². The van der Waals surface area contributed by atoms with Crippen molar-refractivity contribution in [2.45, 2.75) is 45.2 Å². The smallest absolute Gasteiger partial charge is 0.308 e. The van der Waals surface area contributed by atoms with Crippen LogP contribution in [-0.4, -0.2) is 65.4 Å². The van der Waals surface area contributed by atoms with E-state index >= 15 is 0 Å². The van der Waals surface area contributed by atoms with Gasteiger partial charge < -0.3 is 9.64 Å². The molecule has 11 heteroatoms. The highest BCUT2D eigenvalue weighted by molar-refractivity contribution is 7.91. The standard InChI is InChI=1S/C19H25N3O6S2/c1-2-3-7-22(14-6-10-30(26,27)12-14)16(23)11-28-17(24)4-8-21-13-20-18-15(19(21)25)5-9-29-18/h5,9,13-14H,2-4,6-8,10-12H2,1H3. The van der Waals surface area contributed by atoms with Gasteiger partial charge in [0.2, 0.25) is 0 Å². The van der Waals surface area contributed by atoms with E-state index in [2.05, 4.69) is 4.98 Å². The molecule has 164 valence electrons. The molecule has 1 amide bonds. The lowest BCUT2D eigenvalue weighted by molar-refractivity contribution is -0.153. The molecule has 0 N–H and O–H groups in total. The second-order valence-electron chi connectivity index (χ2n) is 7.29. The molecule has 1 unspecified atom stereocenters. The summed E-state index contributed by atoms with van der Waals surface area (Å²) in [5.74, 6) is -0.963. The second-order valence-corrected chi connectivity index (χ2v) is 10.4. The minimum atomic E-state index is -3.12. The van der Waals surface area contributed by atoms with Gasteiger partial charge in [0.15, 0.2) is 16.4 Å². The number of carbonyl (C=O) groups is 2. The minimum absolute atomic E-state index is 0.0443. The van der Waals surface area contributed by atoms with E-state index in [1.54, 1.807) is 11.4 Å². The molecule has 3 heterocycles. The van der Waals surface area contributed by atoms with E-state index in [-0.39, 0.29) is 36.1 Å². The predicted octanol–water partition coefficient (Wildman–Crippen LogP) is 1.21. The third-order valence-electron chi connectivity index (χ3n) is 5.09. The van der Waals surface area contributed by atoms with Gasteiger partial charge in [0.25, 0.3) is 11.5 Å². The summed E-state index contributed by atoms with van der Waals surface area (Å²) >= 11 is 1.37. The predicted molar refractivity (Wildman–Crippen MR) is 113 cm³/mol. The van der Waals surface area contributed by atoms with Crippen LogP contribution in [0.1, 0.15) is 32.6 Å². The fourth-order valence-corrected chi connectivity index (χ4v) is 5.88. The molecule has 0 saturated carbocycles. The average molecular weight is 456 g/mol. The molecule has 1 saturated heterocycles. The largest absolute Gasteiger partial charge is 0.456 e. The maximum absolute atomic E-state index is 12.6. The normalized spacial score (nSPS) is 17.8. The zero-order valence-electron chi connectivity index (χ0n) is 16.8. The molecule has 2 aromatic heterocycles. The summed E-state index contributed by atoms with van der Waals surface area (Å²) in [6.45, 7) is 2.09. The first-order chi connectivity index (χ1) is 14.3. The van der Waals surface area contributed by atoms with Crippen molar-refractivity contribution in [3.63, 3.8) is 0 Å². The molecule has 0 aromatic carbocycles. The molecular weight excluding hydrogens is 430 g/mol. The Labute approximate surface area is 178 Å². The van der Waals surface area contributed by atoms with Crippen molar-refractivity contribution in [2.24, 2.45) is 0 Å². The van der Waals surface area contributed by atoms with Crippen LogP contribution in [0.4, 0.5) is 0 Å². The summed E-state index contributed by atoms with van der Waals surface area (Å²) in [6, 6.07) is 1.33. The van der Waals surface area contributed by atoms with E-state index in [0.717, 1.165) is 12.8 Å². The molecule has 3 rings (SSSR count). The first-order valence-corrected chi connectivity index (χ1v) is 12.6. The van der Waals surface area contributed by atoms with Crippen molar-refractivity contribution in [3.8, 4) is 0 Å². The molecule has 0 spiro atoms. The van der Waals surface area contributed by atoms with Gasteiger partial charge >= 0.3 is 5.97 Å². The van der Waals surface area contributed by atoms with Gasteiger partial charge in [-0.3, -0.25) is 19.0 Å². The Bertz CT molecular complexity index is 1080. The average Bonchev–Trinajstić information content (AvgIpc) is 3.33. The van der Waals surface area contributed by atoms with Crippen LogP contribution in [0.25, 0.3) is 10.2 Å². The van der Waals surface area contributed by atoms with Crippen LogP contribution in [0.15, 0.2) is 22.6 Å². The van der Waals surface area contributed by atoms with E-state index in [1.807, 2.05) is 6.92 Å². The topological polar surface area (TPSA) is 116 Å². The third kappa shape index (κ3) is 5.45. The molecule has 0 radical (unpaired) electrons. The Hall–Kier alpha value is -2.27. The van der Waals surface area contributed by atoms with E-state index in [9.17, 15) is 22.8 Å². The van der Waals surface area contributed by atoms with Gasteiger partial charge in [-0.25, -0.2) is 13.4 Å². The van der Waals surface area contributed by atoms with Crippen LogP contribution in [0, 0.1) is 0 Å². The van der Waals surface area contributed by atoms with Crippen LogP contribution in [0.5, 0.6) is 0 Å².